The molecule has 1 atom stereocenters. The van der Waals surface area contributed by atoms with Crippen molar-refractivity contribution in [1.29, 1.82) is 0 Å². The molecule has 1 saturated heterocycles. The molecule has 10 nitrogen and oxygen atoms in total. The quantitative estimate of drug-likeness (QED) is 0.547. The molecule has 4 amide bonds. The molecule has 3 rings (SSSR count). The summed E-state index contributed by atoms with van der Waals surface area (Å²) in [6, 6.07) is 5.17. The van der Waals surface area contributed by atoms with Crippen molar-refractivity contribution >= 4 is 29.6 Å². The summed E-state index contributed by atoms with van der Waals surface area (Å²) < 4.78 is 1.53. The molecule has 2 N–H and O–H groups in total. The second-order valence-electron chi connectivity index (χ2n) is 6.72. The Morgan fingerprint density at radius 1 is 1.29 bits per heavy atom. The van der Waals surface area contributed by atoms with E-state index in [0.29, 0.717) is 11.6 Å². The Kier molecular flexibility index (Phi) is 5.36. The van der Waals surface area contributed by atoms with Crippen LogP contribution in [0.2, 0.25) is 0 Å². The second-order valence-corrected chi connectivity index (χ2v) is 7.66. The van der Waals surface area contributed by atoms with E-state index in [9.17, 15) is 14.4 Å². The molecule has 0 spiro atoms. The molecular weight excluding hydrogens is 382 g/mol. The topological polar surface area (TPSA) is 122 Å². The van der Waals surface area contributed by atoms with Crippen LogP contribution >= 0.6 is 11.8 Å². The fourth-order valence-electron chi connectivity index (χ4n) is 2.60. The minimum atomic E-state index is -1.01. The van der Waals surface area contributed by atoms with Crippen molar-refractivity contribution in [1.82, 2.24) is 36.0 Å². The maximum Gasteiger partial charge on any atom is 0.344 e. The van der Waals surface area contributed by atoms with E-state index >= 15 is 0 Å². The van der Waals surface area contributed by atoms with Crippen LogP contribution in [0.25, 0.3) is 5.69 Å². The molecule has 0 bridgehead atoms. The number of hydrazine groups is 1. The highest BCUT2D eigenvalue weighted by molar-refractivity contribution is 7.99. The molecule has 2 aromatic rings. The number of benzene rings is 1. The van der Waals surface area contributed by atoms with Gasteiger partial charge in [-0.2, -0.15) is 9.69 Å². The molecule has 1 unspecified atom stereocenters. The van der Waals surface area contributed by atoms with Gasteiger partial charge in [0.1, 0.15) is 5.54 Å². The molecule has 0 radical (unpaired) electrons. The Balaban J connectivity index is 1.65. The van der Waals surface area contributed by atoms with Crippen molar-refractivity contribution in [2.45, 2.75) is 44.8 Å². The first-order valence-corrected chi connectivity index (χ1v) is 9.68. The van der Waals surface area contributed by atoms with Crippen molar-refractivity contribution in [3.05, 3.63) is 29.3 Å². The normalized spacial score (nSPS) is 19.1. The lowest BCUT2D eigenvalue weighted by Gasteiger charge is -2.19. The standard InChI is InChI=1S/C17H21N7O3S/c1-5-17(4)14(26)24(15(27)18-17)20-13(25)9-28-16-19-21-22-23(16)12-7-6-10(2)11(3)8-12/h6-8H,5,9H2,1-4H3,(H,18,27)(H,20,25). The number of nitrogens with zero attached hydrogens (tertiary/aromatic N) is 5. The number of hydrogen-bond acceptors (Lipinski definition) is 7. The number of hydrogen-bond donors (Lipinski definition) is 2. The van der Waals surface area contributed by atoms with E-state index in [1.807, 2.05) is 32.0 Å². The summed E-state index contributed by atoms with van der Waals surface area (Å²) in [4.78, 5) is 36.5. The van der Waals surface area contributed by atoms with Crippen LogP contribution in [0.4, 0.5) is 4.79 Å². The third-order valence-electron chi connectivity index (χ3n) is 4.71. The van der Waals surface area contributed by atoms with Gasteiger partial charge in [0.05, 0.1) is 11.4 Å². The molecule has 1 aromatic carbocycles. The lowest BCUT2D eigenvalue weighted by molar-refractivity contribution is -0.137. The molecule has 1 aliphatic rings. The average Bonchev–Trinajstić information content (AvgIpc) is 3.21. The van der Waals surface area contributed by atoms with E-state index in [-0.39, 0.29) is 5.75 Å². The molecule has 1 aromatic heterocycles. The number of rotatable bonds is 6. The van der Waals surface area contributed by atoms with Crippen LogP contribution in [-0.4, -0.2) is 54.4 Å². The van der Waals surface area contributed by atoms with Gasteiger partial charge in [-0.05, 0) is 60.9 Å². The first-order chi connectivity index (χ1) is 13.2. The number of carbonyl (C=O) groups excluding carboxylic acids is 3. The average molecular weight is 403 g/mol. The fraction of sp³-hybridized carbons (Fsp3) is 0.412. The maximum absolute atomic E-state index is 12.3. The van der Waals surface area contributed by atoms with Crippen LogP contribution in [0.3, 0.4) is 0 Å². The van der Waals surface area contributed by atoms with Crippen LogP contribution in [0.1, 0.15) is 31.4 Å². The van der Waals surface area contributed by atoms with Crippen LogP contribution in [0.5, 0.6) is 0 Å². The zero-order chi connectivity index (χ0) is 20.5. The summed E-state index contributed by atoms with van der Waals surface area (Å²) in [5, 5.41) is 15.3. The number of aromatic nitrogens is 4. The Labute approximate surface area is 166 Å². The molecule has 0 saturated carbocycles. The van der Waals surface area contributed by atoms with Gasteiger partial charge in [0.25, 0.3) is 5.91 Å². The first-order valence-electron chi connectivity index (χ1n) is 8.70. The van der Waals surface area contributed by atoms with E-state index in [2.05, 4.69) is 26.3 Å². The number of urea groups is 1. The van der Waals surface area contributed by atoms with Gasteiger partial charge in [-0.1, -0.05) is 24.8 Å². The predicted octanol–water partition coefficient (Wildman–Crippen LogP) is 1.12. The monoisotopic (exact) mass is 403 g/mol. The number of thioether (sulfide) groups is 1. The highest BCUT2D eigenvalue weighted by Crippen LogP contribution is 2.21. The largest absolute Gasteiger partial charge is 0.344 e. The van der Waals surface area contributed by atoms with E-state index in [4.69, 9.17) is 0 Å². The summed E-state index contributed by atoms with van der Waals surface area (Å²) in [5.74, 6) is -1.06. The number of nitrogens with one attached hydrogen (secondary N) is 2. The van der Waals surface area contributed by atoms with Crippen LogP contribution in [-0.2, 0) is 9.59 Å². The highest BCUT2D eigenvalue weighted by atomic mass is 32.2. The molecule has 148 valence electrons. The second kappa shape index (κ2) is 7.58. The number of imide groups is 1. The summed E-state index contributed by atoms with van der Waals surface area (Å²) >= 11 is 1.10. The van der Waals surface area contributed by atoms with Gasteiger partial charge < -0.3 is 5.32 Å². The molecule has 28 heavy (non-hydrogen) atoms. The Bertz CT molecular complexity index is 945. The lowest BCUT2D eigenvalue weighted by Crippen LogP contribution is -2.49. The summed E-state index contributed by atoms with van der Waals surface area (Å²) in [5.41, 5.74) is 4.36. The van der Waals surface area contributed by atoms with Crippen LogP contribution in [0.15, 0.2) is 23.4 Å². The third-order valence-corrected chi connectivity index (χ3v) is 5.63. The van der Waals surface area contributed by atoms with E-state index < -0.39 is 23.4 Å². The van der Waals surface area contributed by atoms with Crippen molar-refractivity contribution < 1.29 is 14.4 Å². The summed E-state index contributed by atoms with van der Waals surface area (Å²) in [6.07, 6.45) is 0.420. The van der Waals surface area contributed by atoms with Gasteiger partial charge in [0.15, 0.2) is 0 Å². The minimum absolute atomic E-state index is 0.0644. The van der Waals surface area contributed by atoms with E-state index in [0.717, 1.165) is 33.6 Å². The van der Waals surface area contributed by atoms with Crippen molar-refractivity contribution in [3.8, 4) is 5.69 Å². The summed E-state index contributed by atoms with van der Waals surface area (Å²) in [6.45, 7) is 7.40. The first kappa shape index (κ1) is 19.8. The van der Waals surface area contributed by atoms with Gasteiger partial charge in [-0.3, -0.25) is 15.0 Å². The maximum atomic E-state index is 12.3. The Hall–Kier alpha value is -2.95. The van der Waals surface area contributed by atoms with E-state index in [1.165, 1.54) is 4.68 Å². The third kappa shape index (κ3) is 3.70. The van der Waals surface area contributed by atoms with Crippen LogP contribution < -0.4 is 10.7 Å². The molecule has 2 heterocycles. The molecule has 1 fully saturated rings. The SMILES string of the molecule is CCC1(C)NC(=O)N(NC(=O)CSc2nnnn2-c2ccc(C)c(C)c2)C1=O. The number of tetrazole rings is 1. The minimum Gasteiger partial charge on any atom is -0.322 e. The molecule has 0 aliphatic carbocycles. The molecule has 11 heteroatoms. The molecule has 1 aliphatic heterocycles. The predicted molar refractivity (Wildman–Crippen MR) is 102 cm³/mol. The number of amides is 4. The molecular formula is C17H21N7O3S. The smallest absolute Gasteiger partial charge is 0.322 e. The van der Waals surface area contributed by atoms with Crippen molar-refractivity contribution in [2.24, 2.45) is 0 Å². The van der Waals surface area contributed by atoms with Gasteiger partial charge in [-0.25, -0.2) is 4.79 Å². The number of carbonyl (C=O) groups is 3. The van der Waals surface area contributed by atoms with Gasteiger partial charge in [0.2, 0.25) is 11.1 Å². The van der Waals surface area contributed by atoms with Crippen LogP contribution in [0, 0.1) is 13.8 Å². The highest BCUT2D eigenvalue weighted by Gasteiger charge is 2.47. The van der Waals surface area contributed by atoms with Crippen molar-refractivity contribution in [3.63, 3.8) is 0 Å². The van der Waals surface area contributed by atoms with Gasteiger partial charge in [-0.15, -0.1) is 5.10 Å². The van der Waals surface area contributed by atoms with Crippen molar-refractivity contribution in [2.75, 3.05) is 5.75 Å². The Morgan fingerprint density at radius 3 is 2.68 bits per heavy atom. The van der Waals surface area contributed by atoms with Gasteiger partial charge >= 0.3 is 6.03 Å². The fourth-order valence-corrected chi connectivity index (χ4v) is 3.28. The zero-order valence-corrected chi connectivity index (χ0v) is 16.8. The Morgan fingerprint density at radius 2 is 2.04 bits per heavy atom. The van der Waals surface area contributed by atoms with Gasteiger partial charge in [0, 0.05) is 0 Å². The lowest BCUT2D eigenvalue weighted by atomic mass is 10.00. The zero-order valence-electron chi connectivity index (χ0n) is 16.0. The van der Waals surface area contributed by atoms with E-state index in [1.54, 1.807) is 13.8 Å². The summed E-state index contributed by atoms with van der Waals surface area (Å²) in [7, 11) is 0. The number of aryl methyl sites for hydroxylation is 2.